The predicted octanol–water partition coefficient (Wildman–Crippen LogP) is 3.53. The van der Waals surface area contributed by atoms with Gasteiger partial charge >= 0.3 is 0 Å². The number of ketones is 1. The zero-order valence-electron chi connectivity index (χ0n) is 7.31. The monoisotopic (exact) mass is 388 g/mol. The molecule has 0 bridgehead atoms. The van der Waals surface area contributed by atoms with Crippen molar-refractivity contribution < 1.29 is 9.53 Å². The van der Waals surface area contributed by atoms with Gasteiger partial charge in [0.25, 0.3) is 0 Å². The third-order valence-corrected chi connectivity index (χ3v) is 3.31. The lowest BCUT2D eigenvalue weighted by molar-refractivity contribution is 0.102. The van der Waals surface area contributed by atoms with Crippen LogP contribution in [-0.2, 0) is 0 Å². The minimum absolute atomic E-state index is 0.0259. The molecule has 0 spiro atoms. The molecular formula is C9H7BrClIO2. The summed E-state index contributed by atoms with van der Waals surface area (Å²) in [7, 11) is 1.56. The summed E-state index contributed by atoms with van der Waals surface area (Å²) in [5, 5.41) is 0.702. The Labute approximate surface area is 109 Å². The molecule has 1 rings (SSSR count). The normalized spacial score (nSPS) is 10.0. The molecule has 0 N–H and O–H groups in total. The smallest absolute Gasteiger partial charge is 0.175 e. The predicted molar refractivity (Wildman–Crippen MR) is 68.8 cm³/mol. The van der Waals surface area contributed by atoms with Crippen LogP contribution in [0.1, 0.15) is 10.4 Å². The third-order valence-electron chi connectivity index (χ3n) is 1.65. The lowest BCUT2D eigenvalue weighted by Gasteiger charge is -2.07. The van der Waals surface area contributed by atoms with Crippen molar-refractivity contribution in [1.82, 2.24) is 0 Å². The van der Waals surface area contributed by atoms with E-state index in [0.29, 0.717) is 16.3 Å². The summed E-state index contributed by atoms with van der Waals surface area (Å²) >= 11 is 11.1. The van der Waals surface area contributed by atoms with Crippen LogP contribution in [0.4, 0.5) is 0 Å². The Kier molecular flexibility index (Phi) is 4.66. The van der Waals surface area contributed by atoms with Gasteiger partial charge in [-0.2, -0.15) is 0 Å². The Morgan fingerprint density at radius 1 is 1.64 bits per heavy atom. The Balaban J connectivity index is 3.25. The number of alkyl halides is 1. The fraction of sp³-hybridized carbons (Fsp3) is 0.222. The molecule has 0 fully saturated rings. The molecule has 0 radical (unpaired) electrons. The summed E-state index contributed by atoms with van der Waals surface area (Å²) in [5.41, 5.74) is 0.546. The first-order valence-corrected chi connectivity index (χ1v) is 6.30. The van der Waals surface area contributed by atoms with Crippen molar-refractivity contribution in [2.24, 2.45) is 0 Å². The number of halogens is 3. The van der Waals surface area contributed by atoms with Crippen LogP contribution in [-0.4, -0.2) is 18.2 Å². The first-order valence-electron chi connectivity index (χ1n) is 3.72. The standard InChI is InChI=1S/C9H7BrClIO2/c1-14-5-2-6(11)9(7(12)3-5)8(13)4-10/h2-3H,4H2,1H3. The second-order valence-electron chi connectivity index (χ2n) is 2.52. The van der Waals surface area contributed by atoms with E-state index in [9.17, 15) is 4.79 Å². The first kappa shape index (κ1) is 12.3. The van der Waals surface area contributed by atoms with E-state index in [0.717, 1.165) is 3.57 Å². The maximum absolute atomic E-state index is 11.5. The molecule has 2 nitrogen and oxygen atoms in total. The first-order chi connectivity index (χ1) is 6.60. The Hall–Kier alpha value is 0.190. The minimum atomic E-state index is -0.0259. The van der Waals surface area contributed by atoms with Crippen molar-refractivity contribution in [2.75, 3.05) is 12.4 Å². The molecular weight excluding hydrogens is 382 g/mol. The van der Waals surface area contributed by atoms with Crippen molar-refractivity contribution in [2.45, 2.75) is 0 Å². The van der Waals surface area contributed by atoms with Gasteiger partial charge in [-0.25, -0.2) is 0 Å². The maximum Gasteiger partial charge on any atom is 0.175 e. The van der Waals surface area contributed by atoms with Crippen molar-refractivity contribution in [3.8, 4) is 5.75 Å². The van der Waals surface area contributed by atoms with E-state index in [4.69, 9.17) is 16.3 Å². The molecule has 0 aromatic heterocycles. The summed E-state index contributed by atoms with van der Waals surface area (Å²) in [5.74, 6) is 0.632. The summed E-state index contributed by atoms with van der Waals surface area (Å²) in [6.45, 7) is 0. The summed E-state index contributed by atoms with van der Waals surface area (Å²) < 4.78 is 5.83. The zero-order chi connectivity index (χ0) is 10.7. The van der Waals surface area contributed by atoms with Gasteiger partial charge in [0.05, 0.1) is 23.0 Å². The van der Waals surface area contributed by atoms with Crippen LogP contribution in [0.15, 0.2) is 12.1 Å². The van der Waals surface area contributed by atoms with Gasteiger partial charge in [0.1, 0.15) is 5.75 Å². The molecule has 0 unspecified atom stereocenters. The van der Waals surface area contributed by atoms with Crippen LogP contribution in [0.3, 0.4) is 0 Å². The summed E-state index contributed by atoms with van der Waals surface area (Å²) in [6.07, 6.45) is 0. The maximum atomic E-state index is 11.5. The molecule has 76 valence electrons. The lowest BCUT2D eigenvalue weighted by atomic mass is 10.1. The van der Waals surface area contributed by atoms with Crippen LogP contribution in [0, 0.1) is 3.57 Å². The highest BCUT2D eigenvalue weighted by molar-refractivity contribution is 14.1. The van der Waals surface area contributed by atoms with Gasteiger partial charge < -0.3 is 4.74 Å². The highest BCUT2D eigenvalue weighted by Gasteiger charge is 2.14. The minimum Gasteiger partial charge on any atom is -0.497 e. The van der Waals surface area contributed by atoms with Crippen molar-refractivity contribution in [3.05, 3.63) is 26.3 Å². The highest BCUT2D eigenvalue weighted by Crippen LogP contribution is 2.28. The van der Waals surface area contributed by atoms with Crippen LogP contribution in [0.25, 0.3) is 0 Å². The Morgan fingerprint density at radius 3 is 2.71 bits per heavy atom. The van der Waals surface area contributed by atoms with E-state index < -0.39 is 0 Å². The summed E-state index contributed by atoms with van der Waals surface area (Å²) in [4.78, 5) is 11.5. The van der Waals surface area contributed by atoms with Crippen molar-refractivity contribution in [1.29, 1.82) is 0 Å². The highest BCUT2D eigenvalue weighted by atomic mass is 127. The van der Waals surface area contributed by atoms with E-state index in [1.165, 1.54) is 0 Å². The molecule has 0 aliphatic carbocycles. The van der Waals surface area contributed by atoms with Crippen LogP contribution in [0.2, 0.25) is 5.02 Å². The second-order valence-corrected chi connectivity index (χ2v) is 4.65. The number of rotatable bonds is 3. The number of carbonyl (C=O) groups is 1. The Bertz CT molecular complexity index is 345. The number of hydrogen-bond acceptors (Lipinski definition) is 2. The average Bonchev–Trinajstić information content (AvgIpc) is 2.16. The van der Waals surface area contributed by atoms with Gasteiger partial charge in [0.2, 0.25) is 0 Å². The third kappa shape index (κ3) is 2.61. The fourth-order valence-electron chi connectivity index (χ4n) is 1.00. The molecule has 0 atom stereocenters. The number of hydrogen-bond donors (Lipinski definition) is 0. The van der Waals surface area contributed by atoms with Gasteiger partial charge in [-0.1, -0.05) is 27.5 Å². The molecule has 14 heavy (non-hydrogen) atoms. The number of ether oxygens (including phenoxy) is 1. The number of carbonyl (C=O) groups excluding carboxylic acids is 1. The molecule has 0 saturated heterocycles. The second kappa shape index (κ2) is 5.32. The lowest BCUT2D eigenvalue weighted by Crippen LogP contribution is -2.04. The van der Waals surface area contributed by atoms with Gasteiger partial charge in [-0.05, 0) is 34.7 Å². The molecule has 0 saturated carbocycles. The van der Waals surface area contributed by atoms with Crippen LogP contribution >= 0.6 is 50.1 Å². The molecule has 1 aromatic carbocycles. The number of Topliss-reactive ketones (excluding diaryl/α,β-unsaturated/α-hetero) is 1. The van der Waals surface area contributed by atoms with Crippen LogP contribution in [0.5, 0.6) is 5.75 Å². The van der Waals surface area contributed by atoms with Gasteiger partial charge in [-0.15, -0.1) is 0 Å². The largest absolute Gasteiger partial charge is 0.497 e. The van der Waals surface area contributed by atoms with Crippen molar-refractivity contribution >= 4 is 55.9 Å². The van der Waals surface area contributed by atoms with Gasteiger partial charge in [0, 0.05) is 3.57 Å². The summed E-state index contributed by atoms with van der Waals surface area (Å²) in [6, 6.07) is 3.42. The van der Waals surface area contributed by atoms with Crippen LogP contribution < -0.4 is 4.74 Å². The van der Waals surface area contributed by atoms with E-state index in [-0.39, 0.29) is 11.1 Å². The van der Waals surface area contributed by atoms with E-state index in [1.807, 2.05) is 0 Å². The topological polar surface area (TPSA) is 26.3 Å². The molecule has 0 aliphatic rings. The average molecular weight is 389 g/mol. The van der Waals surface area contributed by atoms with Gasteiger partial charge in [0.15, 0.2) is 5.78 Å². The molecule has 0 aliphatic heterocycles. The number of methoxy groups -OCH3 is 1. The quantitative estimate of drug-likeness (QED) is 0.449. The van der Waals surface area contributed by atoms with E-state index in [2.05, 4.69) is 38.5 Å². The fourth-order valence-corrected chi connectivity index (χ4v) is 2.65. The molecule has 0 amide bonds. The molecule has 0 heterocycles. The van der Waals surface area contributed by atoms with Crippen molar-refractivity contribution in [3.63, 3.8) is 0 Å². The zero-order valence-corrected chi connectivity index (χ0v) is 11.8. The molecule has 1 aromatic rings. The van der Waals surface area contributed by atoms with E-state index >= 15 is 0 Å². The number of benzene rings is 1. The Morgan fingerprint density at radius 2 is 2.29 bits per heavy atom. The van der Waals surface area contributed by atoms with Gasteiger partial charge in [-0.3, -0.25) is 4.79 Å². The SMILES string of the molecule is COc1cc(Cl)c(C(=O)CBr)c(I)c1. The van der Waals surface area contributed by atoms with E-state index in [1.54, 1.807) is 19.2 Å². The molecule has 5 heteroatoms.